The Morgan fingerprint density at radius 1 is 1.29 bits per heavy atom. The molecule has 0 atom stereocenters. The molecule has 3 nitrogen and oxygen atoms in total. The molecular formula is C14H21NO2. The van der Waals surface area contributed by atoms with Crippen LogP contribution in [0.3, 0.4) is 0 Å². The van der Waals surface area contributed by atoms with Gasteiger partial charge in [-0.1, -0.05) is 26.0 Å². The van der Waals surface area contributed by atoms with Crippen molar-refractivity contribution in [1.82, 2.24) is 4.90 Å². The number of carbonyl (C=O) groups is 1. The van der Waals surface area contributed by atoms with Crippen LogP contribution in [-0.4, -0.2) is 31.9 Å². The molecule has 0 saturated heterocycles. The van der Waals surface area contributed by atoms with E-state index < -0.39 is 0 Å². The Morgan fingerprint density at radius 2 is 1.88 bits per heavy atom. The summed E-state index contributed by atoms with van der Waals surface area (Å²) >= 11 is 0. The van der Waals surface area contributed by atoms with Gasteiger partial charge in [0.05, 0.1) is 7.11 Å². The fourth-order valence-electron chi connectivity index (χ4n) is 1.83. The number of hydrogen-bond acceptors (Lipinski definition) is 3. The highest BCUT2D eigenvalue weighted by Gasteiger charge is 2.18. The second-order valence-corrected chi connectivity index (χ2v) is 5.13. The summed E-state index contributed by atoms with van der Waals surface area (Å²) in [5.41, 5.74) is 0.927. The third-order valence-electron chi connectivity index (χ3n) is 2.61. The van der Waals surface area contributed by atoms with Crippen LogP contribution in [0, 0.1) is 5.41 Å². The van der Waals surface area contributed by atoms with E-state index >= 15 is 0 Å². The summed E-state index contributed by atoms with van der Waals surface area (Å²) in [5, 5.41) is 0. The van der Waals surface area contributed by atoms with Crippen molar-refractivity contribution in [3.63, 3.8) is 0 Å². The topological polar surface area (TPSA) is 29.5 Å². The van der Waals surface area contributed by atoms with E-state index in [1.165, 1.54) is 5.56 Å². The smallest absolute Gasteiger partial charge is 0.126 e. The van der Waals surface area contributed by atoms with E-state index in [-0.39, 0.29) is 5.41 Å². The molecule has 0 aliphatic heterocycles. The predicted octanol–water partition coefficient (Wildman–Crippen LogP) is 2.35. The zero-order chi connectivity index (χ0) is 12.9. The van der Waals surface area contributed by atoms with Gasteiger partial charge in [-0.25, -0.2) is 0 Å². The Bertz CT molecular complexity index is 357. The second kappa shape index (κ2) is 5.82. The fraction of sp³-hybridized carbons (Fsp3) is 0.500. The fourth-order valence-corrected chi connectivity index (χ4v) is 1.83. The number of rotatable bonds is 6. The Labute approximate surface area is 103 Å². The van der Waals surface area contributed by atoms with Crippen LogP contribution in [-0.2, 0) is 11.3 Å². The normalized spacial score (nSPS) is 11.6. The molecule has 0 spiro atoms. The quantitative estimate of drug-likeness (QED) is 0.709. The first-order valence-electron chi connectivity index (χ1n) is 5.74. The van der Waals surface area contributed by atoms with Gasteiger partial charge in [0.2, 0.25) is 0 Å². The van der Waals surface area contributed by atoms with Gasteiger partial charge in [0.15, 0.2) is 0 Å². The average molecular weight is 235 g/mol. The molecule has 0 amide bonds. The molecule has 0 bridgehead atoms. The Morgan fingerprint density at radius 3 is 2.35 bits per heavy atom. The Balaban J connectivity index is 2.55. The number of methoxy groups -OCH3 is 1. The summed E-state index contributed by atoms with van der Waals surface area (Å²) in [5.74, 6) is 0.865. The van der Waals surface area contributed by atoms with Crippen LogP contribution in [0.1, 0.15) is 19.4 Å². The molecule has 0 heterocycles. The largest absolute Gasteiger partial charge is 0.497 e. The zero-order valence-electron chi connectivity index (χ0n) is 11.1. The predicted molar refractivity (Wildman–Crippen MR) is 69.2 cm³/mol. The molecule has 94 valence electrons. The van der Waals surface area contributed by atoms with Gasteiger partial charge >= 0.3 is 0 Å². The van der Waals surface area contributed by atoms with Crippen molar-refractivity contribution in [1.29, 1.82) is 0 Å². The van der Waals surface area contributed by atoms with Crippen LogP contribution in [0.5, 0.6) is 5.75 Å². The summed E-state index contributed by atoms with van der Waals surface area (Å²) < 4.78 is 5.11. The van der Waals surface area contributed by atoms with Crippen LogP contribution in [0.15, 0.2) is 24.3 Å². The molecule has 0 aromatic heterocycles. The van der Waals surface area contributed by atoms with Crippen molar-refractivity contribution in [3.8, 4) is 5.75 Å². The van der Waals surface area contributed by atoms with Crippen LogP contribution in [0.4, 0.5) is 0 Å². The van der Waals surface area contributed by atoms with Gasteiger partial charge in [0.1, 0.15) is 12.0 Å². The van der Waals surface area contributed by atoms with E-state index in [0.29, 0.717) is 0 Å². The van der Waals surface area contributed by atoms with E-state index in [2.05, 4.69) is 4.90 Å². The molecule has 17 heavy (non-hydrogen) atoms. The third-order valence-corrected chi connectivity index (χ3v) is 2.61. The maximum absolute atomic E-state index is 10.9. The lowest BCUT2D eigenvalue weighted by molar-refractivity contribution is -0.115. The van der Waals surface area contributed by atoms with Crippen LogP contribution >= 0.6 is 0 Å². The molecule has 0 radical (unpaired) electrons. The van der Waals surface area contributed by atoms with E-state index in [4.69, 9.17) is 4.74 Å². The lowest BCUT2D eigenvalue weighted by Gasteiger charge is -2.25. The molecule has 0 N–H and O–H groups in total. The van der Waals surface area contributed by atoms with Gasteiger partial charge in [-0.3, -0.25) is 0 Å². The summed E-state index contributed by atoms with van der Waals surface area (Å²) in [7, 11) is 3.68. The van der Waals surface area contributed by atoms with Gasteiger partial charge < -0.3 is 14.4 Å². The molecule has 0 fully saturated rings. The van der Waals surface area contributed by atoms with Crippen molar-refractivity contribution >= 4 is 6.29 Å². The lowest BCUT2D eigenvalue weighted by Crippen LogP contribution is -2.32. The SMILES string of the molecule is COc1ccc(CN(C)CC(C)(C)C=O)cc1. The molecule has 0 aliphatic carbocycles. The van der Waals surface area contributed by atoms with Crippen molar-refractivity contribution in [3.05, 3.63) is 29.8 Å². The van der Waals surface area contributed by atoms with Crippen molar-refractivity contribution in [2.24, 2.45) is 5.41 Å². The summed E-state index contributed by atoms with van der Waals surface area (Å²) in [4.78, 5) is 13.0. The molecule has 1 rings (SSSR count). The minimum Gasteiger partial charge on any atom is -0.497 e. The lowest BCUT2D eigenvalue weighted by atomic mass is 9.95. The van der Waals surface area contributed by atoms with E-state index in [9.17, 15) is 4.79 Å². The van der Waals surface area contributed by atoms with Crippen molar-refractivity contribution in [2.75, 3.05) is 20.7 Å². The number of carbonyl (C=O) groups excluding carboxylic acids is 1. The minimum atomic E-state index is -0.290. The van der Waals surface area contributed by atoms with Gasteiger partial charge in [-0.2, -0.15) is 0 Å². The summed E-state index contributed by atoms with van der Waals surface area (Å²) in [6, 6.07) is 7.99. The number of benzene rings is 1. The minimum absolute atomic E-state index is 0.290. The third kappa shape index (κ3) is 4.57. The maximum Gasteiger partial charge on any atom is 0.126 e. The second-order valence-electron chi connectivity index (χ2n) is 5.13. The first kappa shape index (κ1) is 13.7. The van der Waals surface area contributed by atoms with Crippen LogP contribution < -0.4 is 4.74 Å². The molecule has 1 aromatic carbocycles. The standard InChI is InChI=1S/C14H21NO2/c1-14(2,11-16)10-15(3)9-12-5-7-13(17-4)8-6-12/h5-8,11H,9-10H2,1-4H3. The molecule has 0 unspecified atom stereocenters. The first-order valence-corrected chi connectivity index (χ1v) is 5.74. The molecule has 3 heteroatoms. The Kier molecular flexibility index (Phi) is 4.70. The van der Waals surface area contributed by atoms with Gasteiger partial charge in [0.25, 0.3) is 0 Å². The number of ether oxygens (including phenoxy) is 1. The van der Waals surface area contributed by atoms with Crippen LogP contribution in [0.25, 0.3) is 0 Å². The zero-order valence-corrected chi connectivity index (χ0v) is 11.1. The maximum atomic E-state index is 10.9. The van der Waals surface area contributed by atoms with E-state index in [1.54, 1.807) is 7.11 Å². The van der Waals surface area contributed by atoms with Crippen molar-refractivity contribution < 1.29 is 9.53 Å². The molecule has 0 saturated carbocycles. The average Bonchev–Trinajstić information content (AvgIpc) is 2.29. The van der Waals surface area contributed by atoms with E-state index in [1.807, 2.05) is 45.2 Å². The summed E-state index contributed by atoms with van der Waals surface area (Å²) in [6.07, 6.45) is 1.01. The number of hydrogen-bond donors (Lipinski definition) is 0. The van der Waals surface area contributed by atoms with Gasteiger partial charge in [-0.05, 0) is 24.7 Å². The highest BCUT2D eigenvalue weighted by atomic mass is 16.5. The highest BCUT2D eigenvalue weighted by Crippen LogP contribution is 2.16. The van der Waals surface area contributed by atoms with Gasteiger partial charge in [0, 0.05) is 18.5 Å². The van der Waals surface area contributed by atoms with Crippen molar-refractivity contribution in [2.45, 2.75) is 20.4 Å². The number of nitrogens with zero attached hydrogens (tertiary/aromatic N) is 1. The first-order chi connectivity index (χ1) is 7.96. The number of aldehydes is 1. The van der Waals surface area contributed by atoms with E-state index in [0.717, 1.165) is 25.1 Å². The molecular weight excluding hydrogens is 214 g/mol. The van der Waals surface area contributed by atoms with Crippen LogP contribution in [0.2, 0.25) is 0 Å². The highest BCUT2D eigenvalue weighted by molar-refractivity contribution is 5.58. The molecule has 0 aliphatic rings. The monoisotopic (exact) mass is 235 g/mol. The summed E-state index contributed by atoms with van der Waals surface area (Å²) in [6.45, 7) is 5.48. The molecule has 1 aromatic rings. The van der Waals surface area contributed by atoms with Gasteiger partial charge in [-0.15, -0.1) is 0 Å². The Hall–Kier alpha value is -1.35.